The fourth-order valence-corrected chi connectivity index (χ4v) is 3.32. The summed E-state index contributed by atoms with van der Waals surface area (Å²) in [6, 6.07) is 8.49. The van der Waals surface area contributed by atoms with E-state index in [4.69, 9.17) is 5.11 Å². The van der Waals surface area contributed by atoms with Crippen molar-refractivity contribution in [1.29, 1.82) is 0 Å². The molecule has 1 aromatic carbocycles. The fraction of sp³-hybridized carbons (Fsp3) is 0.579. The molecule has 3 rings (SSSR count). The number of rotatable bonds is 8. The second-order valence-electron chi connectivity index (χ2n) is 7.32. The Morgan fingerprint density at radius 1 is 1.21 bits per heavy atom. The van der Waals surface area contributed by atoms with Crippen LogP contribution in [0.3, 0.4) is 0 Å². The molecule has 0 spiro atoms. The molecule has 0 unspecified atom stereocenters. The average molecular weight is 330 g/mol. The van der Waals surface area contributed by atoms with Crippen molar-refractivity contribution in [2.45, 2.75) is 51.1 Å². The smallest absolute Gasteiger partial charge is 0.317 e. The van der Waals surface area contributed by atoms with E-state index >= 15 is 0 Å². The minimum Gasteiger partial charge on any atom is -0.480 e. The predicted octanol–water partition coefficient (Wildman–Crippen LogP) is 1.98. The lowest BCUT2D eigenvalue weighted by atomic mass is 9.85. The van der Waals surface area contributed by atoms with E-state index in [-0.39, 0.29) is 18.5 Å². The summed E-state index contributed by atoms with van der Waals surface area (Å²) >= 11 is 0. The quantitative estimate of drug-likeness (QED) is 0.765. The highest BCUT2D eigenvalue weighted by molar-refractivity contribution is 5.79. The number of carbonyl (C=O) groups is 2. The average Bonchev–Trinajstić information content (AvgIpc) is 3.28. The molecule has 0 aromatic heterocycles. The molecule has 0 bridgehead atoms. The maximum absolute atomic E-state index is 12.1. The van der Waals surface area contributed by atoms with Gasteiger partial charge in [0.25, 0.3) is 0 Å². The van der Waals surface area contributed by atoms with Gasteiger partial charge in [-0.05, 0) is 44.1 Å². The van der Waals surface area contributed by atoms with E-state index < -0.39 is 5.97 Å². The van der Waals surface area contributed by atoms with Crippen molar-refractivity contribution >= 4 is 11.9 Å². The lowest BCUT2D eigenvalue weighted by molar-refractivity contribution is -0.140. The second-order valence-corrected chi connectivity index (χ2v) is 7.32. The van der Waals surface area contributed by atoms with Gasteiger partial charge in [-0.25, -0.2) is 0 Å². The first kappa shape index (κ1) is 17.0. The third-order valence-electron chi connectivity index (χ3n) is 5.01. The van der Waals surface area contributed by atoms with E-state index in [1.165, 1.54) is 18.4 Å². The van der Waals surface area contributed by atoms with Gasteiger partial charge >= 0.3 is 5.97 Å². The van der Waals surface area contributed by atoms with E-state index in [1.54, 1.807) is 0 Å². The molecular formula is C19H26N2O3. The van der Waals surface area contributed by atoms with Gasteiger partial charge in [0.2, 0.25) is 5.91 Å². The van der Waals surface area contributed by atoms with Crippen LogP contribution >= 0.6 is 0 Å². The van der Waals surface area contributed by atoms with Crippen LogP contribution in [0, 0.1) is 12.8 Å². The van der Waals surface area contributed by atoms with Crippen LogP contribution in [0.1, 0.15) is 36.8 Å². The molecule has 2 saturated carbocycles. The van der Waals surface area contributed by atoms with Crippen LogP contribution < -0.4 is 5.32 Å². The molecule has 0 heterocycles. The first-order chi connectivity index (χ1) is 11.5. The minimum atomic E-state index is -0.762. The number of carboxylic acid groups (broad SMARTS) is 1. The minimum absolute atomic E-state index is 0.0503. The van der Waals surface area contributed by atoms with Crippen LogP contribution in [-0.4, -0.2) is 47.1 Å². The third kappa shape index (κ3) is 4.81. The molecule has 2 fully saturated rings. The zero-order valence-corrected chi connectivity index (χ0v) is 14.2. The molecule has 24 heavy (non-hydrogen) atoms. The summed E-state index contributed by atoms with van der Waals surface area (Å²) < 4.78 is 0. The number of hydrogen-bond acceptors (Lipinski definition) is 3. The van der Waals surface area contributed by atoms with Gasteiger partial charge < -0.3 is 10.4 Å². The van der Waals surface area contributed by atoms with Gasteiger partial charge in [0.1, 0.15) is 0 Å². The summed E-state index contributed by atoms with van der Waals surface area (Å²) in [6.07, 6.45) is 4.57. The Morgan fingerprint density at radius 3 is 2.46 bits per heavy atom. The van der Waals surface area contributed by atoms with E-state index in [0.29, 0.717) is 18.4 Å². The van der Waals surface area contributed by atoms with Crippen LogP contribution in [0.5, 0.6) is 0 Å². The number of hydrogen-bond donors (Lipinski definition) is 2. The van der Waals surface area contributed by atoms with Gasteiger partial charge in [-0.1, -0.05) is 29.8 Å². The standard InChI is InChI=1S/C19H26N2O3/c1-13-2-4-14(5-3-13)8-18(22)20-16-9-17(10-16)21(12-19(23)24)11-15-6-7-15/h2-5,15-17H,6-12H2,1H3,(H,20,22)(H,23,24). The summed E-state index contributed by atoms with van der Waals surface area (Å²) in [4.78, 5) is 25.2. The van der Waals surface area contributed by atoms with Crippen molar-refractivity contribution in [2.75, 3.05) is 13.1 Å². The Hall–Kier alpha value is -1.88. The number of aryl methyl sites for hydroxylation is 1. The monoisotopic (exact) mass is 330 g/mol. The number of nitrogens with one attached hydrogen (secondary N) is 1. The summed E-state index contributed by atoms with van der Waals surface area (Å²) in [7, 11) is 0. The molecule has 5 nitrogen and oxygen atoms in total. The van der Waals surface area contributed by atoms with Crippen LogP contribution in [-0.2, 0) is 16.0 Å². The SMILES string of the molecule is Cc1ccc(CC(=O)NC2CC(N(CC(=O)O)CC3CC3)C2)cc1. The van der Waals surface area contributed by atoms with Gasteiger partial charge in [-0.3, -0.25) is 14.5 Å². The van der Waals surface area contributed by atoms with Crippen LogP contribution in [0.25, 0.3) is 0 Å². The molecule has 0 atom stereocenters. The number of carboxylic acids is 1. The summed E-state index contributed by atoms with van der Waals surface area (Å²) in [5.41, 5.74) is 2.21. The Labute approximate surface area is 143 Å². The van der Waals surface area contributed by atoms with E-state index in [9.17, 15) is 9.59 Å². The Morgan fingerprint density at radius 2 is 1.88 bits per heavy atom. The normalized spacial score (nSPS) is 22.9. The first-order valence-corrected chi connectivity index (χ1v) is 8.80. The highest BCUT2D eigenvalue weighted by Gasteiger charge is 2.37. The molecule has 5 heteroatoms. The molecule has 0 aliphatic heterocycles. The molecule has 2 N–H and O–H groups in total. The molecule has 0 saturated heterocycles. The molecule has 2 aliphatic rings. The predicted molar refractivity (Wildman–Crippen MR) is 91.8 cm³/mol. The fourth-order valence-electron chi connectivity index (χ4n) is 3.32. The summed E-state index contributed by atoms with van der Waals surface area (Å²) in [5, 5.41) is 12.1. The van der Waals surface area contributed by atoms with Gasteiger partial charge in [-0.15, -0.1) is 0 Å². The van der Waals surface area contributed by atoms with Gasteiger partial charge in [0.05, 0.1) is 13.0 Å². The number of amides is 1. The molecule has 1 amide bonds. The lowest BCUT2D eigenvalue weighted by Crippen LogP contribution is -2.55. The highest BCUT2D eigenvalue weighted by Crippen LogP contribution is 2.33. The van der Waals surface area contributed by atoms with Crippen molar-refractivity contribution < 1.29 is 14.7 Å². The number of carbonyl (C=O) groups excluding carboxylic acids is 1. The maximum Gasteiger partial charge on any atom is 0.317 e. The van der Waals surface area contributed by atoms with Crippen molar-refractivity contribution in [1.82, 2.24) is 10.2 Å². The van der Waals surface area contributed by atoms with Crippen molar-refractivity contribution in [2.24, 2.45) is 5.92 Å². The van der Waals surface area contributed by atoms with Gasteiger partial charge in [0.15, 0.2) is 0 Å². The van der Waals surface area contributed by atoms with Crippen molar-refractivity contribution in [3.8, 4) is 0 Å². The Bertz CT molecular complexity index is 589. The van der Waals surface area contributed by atoms with Crippen LogP contribution in [0.15, 0.2) is 24.3 Å². The van der Waals surface area contributed by atoms with Gasteiger partial charge in [0, 0.05) is 18.6 Å². The molecule has 0 radical (unpaired) electrons. The second kappa shape index (κ2) is 7.34. The third-order valence-corrected chi connectivity index (χ3v) is 5.01. The molecule has 2 aliphatic carbocycles. The largest absolute Gasteiger partial charge is 0.480 e. The number of nitrogens with zero attached hydrogens (tertiary/aromatic N) is 1. The van der Waals surface area contributed by atoms with Crippen LogP contribution in [0.4, 0.5) is 0 Å². The number of benzene rings is 1. The Kier molecular flexibility index (Phi) is 5.19. The first-order valence-electron chi connectivity index (χ1n) is 8.80. The summed E-state index contributed by atoms with van der Waals surface area (Å²) in [5.74, 6) is -0.0312. The topological polar surface area (TPSA) is 69.6 Å². The summed E-state index contributed by atoms with van der Waals surface area (Å²) in [6.45, 7) is 3.04. The van der Waals surface area contributed by atoms with Crippen molar-refractivity contribution in [3.05, 3.63) is 35.4 Å². The number of aliphatic carboxylic acids is 1. The van der Waals surface area contributed by atoms with Gasteiger partial charge in [-0.2, -0.15) is 0 Å². The van der Waals surface area contributed by atoms with E-state index in [2.05, 4.69) is 10.2 Å². The van der Waals surface area contributed by atoms with E-state index in [1.807, 2.05) is 31.2 Å². The molecule has 1 aromatic rings. The van der Waals surface area contributed by atoms with Crippen LogP contribution in [0.2, 0.25) is 0 Å². The zero-order valence-electron chi connectivity index (χ0n) is 14.2. The Balaban J connectivity index is 1.42. The van der Waals surface area contributed by atoms with E-state index in [0.717, 1.165) is 24.9 Å². The molecule has 130 valence electrons. The molecular weight excluding hydrogens is 304 g/mol. The lowest BCUT2D eigenvalue weighted by Gasteiger charge is -2.42. The highest BCUT2D eigenvalue weighted by atomic mass is 16.4. The zero-order chi connectivity index (χ0) is 17.1. The van der Waals surface area contributed by atoms with Crippen molar-refractivity contribution in [3.63, 3.8) is 0 Å². The maximum atomic E-state index is 12.1.